The average molecular weight is 344 g/mol. The van der Waals surface area contributed by atoms with Gasteiger partial charge in [0, 0.05) is 12.1 Å². The molecule has 128 valence electrons. The molecule has 2 aromatic rings. The fraction of sp³-hybridized carbons (Fsp3) is 0.167. The molecule has 0 radical (unpaired) electrons. The van der Waals surface area contributed by atoms with Crippen LogP contribution in [0.1, 0.15) is 22.3 Å². The zero-order valence-corrected chi connectivity index (χ0v) is 13.0. The van der Waals surface area contributed by atoms with Crippen molar-refractivity contribution in [1.82, 2.24) is 5.32 Å². The van der Waals surface area contributed by atoms with Gasteiger partial charge in [-0.1, -0.05) is 18.2 Å². The fourth-order valence-corrected chi connectivity index (χ4v) is 2.69. The molecular formula is C18H14F2N2O3. The van der Waals surface area contributed by atoms with E-state index in [1.165, 1.54) is 6.07 Å². The molecule has 3 rings (SSSR count). The summed E-state index contributed by atoms with van der Waals surface area (Å²) in [5.41, 5.74) is 0.529. The number of halogens is 2. The van der Waals surface area contributed by atoms with Crippen LogP contribution >= 0.6 is 0 Å². The molecule has 5 nitrogen and oxygen atoms in total. The molecule has 0 aromatic heterocycles. The number of hydrogen-bond donors (Lipinski definition) is 2. The summed E-state index contributed by atoms with van der Waals surface area (Å²) in [6.45, 7) is 0. The number of rotatable bonds is 4. The van der Waals surface area contributed by atoms with Gasteiger partial charge in [0.05, 0.1) is 5.92 Å². The highest BCUT2D eigenvalue weighted by Crippen LogP contribution is 2.20. The Labute approximate surface area is 142 Å². The Morgan fingerprint density at radius 1 is 1.08 bits per heavy atom. The highest BCUT2D eigenvalue weighted by molar-refractivity contribution is 6.05. The first kappa shape index (κ1) is 16.8. The number of nitrogens with one attached hydrogen (secondary N) is 2. The van der Waals surface area contributed by atoms with Crippen LogP contribution in [0.15, 0.2) is 42.5 Å². The molecule has 0 unspecified atom stereocenters. The van der Waals surface area contributed by atoms with E-state index in [9.17, 15) is 23.2 Å². The Morgan fingerprint density at radius 2 is 1.72 bits per heavy atom. The van der Waals surface area contributed by atoms with E-state index < -0.39 is 29.0 Å². The first-order valence-electron chi connectivity index (χ1n) is 7.62. The van der Waals surface area contributed by atoms with Crippen molar-refractivity contribution in [3.63, 3.8) is 0 Å². The van der Waals surface area contributed by atoms with Crippen LogP contribution in [0.3, 0.4) is 0 Å². The van der Waals surface area contributed by atoms with Crippen molar-refractivity contribution < 1.29 is 23.2 Å². The normalized spacial score (nSPS) is 16.6. The Kier molecular flexibility index (Phi) is 4.56. The molecule has 1 atom stereocenters. The SMILES string of the molecule is O=C1C[C@@H](Cc2ccc(NC(=O)c3c(F)cccc3F)cc2)C(=O)N1. The smallest absolute Gasteiger partial charge is 0.261 e. The van der Waals surface area contributed by atoms with Crippen LogP contribution in [0.4, 0.5) is 14.5 Å². The van der Waals surface area contributed by atoms with E-state index in [1.54, 1.807) is 24.3 Å². The quantitative estimate of drug-likeness (QED) is 0.837. The van der Waals surface area contributed by atoms with Gasteiger partial charge in [0.25, 0.3) is 5.91 Å². The molecule has 1 saturated heterocycles. The number of carbonyl (C=O) groups excluding carboxylic acids is 3. The summed E-state index contributed by atoms with van der Waals surface area (Å²) in [4.78, 5) is 34.8. The third-order valence-corrected chi connectivity index (χ3v) is 3.95. The standard InChI is InChI=1S/C18H14F2N2O3/c19-13-2-1-3-14(20)16(13)18(25)21-12-6-4-10(5-7-12)8-11-9-15(23)22-17(11)24/h1-7,11H,8-9H2,(H,21,25)(H,22,23,24)/t11-/m1/s1. The van der Waals surface area contributed by atoms with Gasteiger partial charge in [-0.25, -0.2) is 8.78 Å². The molecule has 7 heteroatoms. The van der Waals surface area contributed by atoms with Gasteiger partial charge in [-0.05, 0) is 36.2 Å². The fourth-order valence-electron chi connectivity index (χ4n) is 2.69. The maximum absolute atomic E-state index is 13.6. The van der Waals surface area contributed by atoms with Crippen LogP contribution in [0.25, 0.3) is 0 Å². The predicted molar refractivity (Wildman–Crippen MR) is 85.7 cm³/mol. The van der Waals surface area contributed by atoms with Gasteiger partial charge in [-0.15, -0.1) is 0 Å². The topological polar surface area (TPSA) is 75.3 Å². The molecular weight excluding hydrogens is 330 g/mol. The van der Waals surface area contributed by atoms with Crippen molar-refractivity contribution in [2.75, 3.05) is 5.32 Å². The molecule has 0 aliphatic carbocycles. The summed E-state index contributed by atoms with van der Waals surface area (Å²) < 4.78 is 27.2. The number of anilines is 1. The minimum Gasteiger partial charge on any atom is -0.322 e. The van der Waals surface area contributed by atoms with Crippen molar-refractivity contribution in [3.8, 4) is 0 Å². The molecule has 25 heavy (non-hydrogen) atoms. The summed E-state index contributed by atoms with van der Waals surface area (Å²) in [6, 6.07) is 9.71. The first-order valence-corrected chi connectivity index (χ1v) is 7.62. The number of amides is 3. The second-order valence-corrected chi connectivity index (χ2v) is 5.77. The van der Waals surface area contributed by atoms with E-state index in [4.69, 9.17) is 0 Å². The third kappa shape index (κ3) is 3.71. The van der Waals surface area contributed by atoms with Gasteiger partial charge in [-0.3, -0.25) is 19.7 Å². The van der Waals surface area contributed by atoms with Gasteiger partial charge in [-0.2, -0.15) is 0 Å². The van der Waals surface area contributed by atoms with Crippen LogP contribution in [0, 0.1) is 17.6 Å². The van der Waals surface area contributed by atoms with Crippen molar-refractivity contribution in [1.29, 1.82) is 0 Å². The Balaban J connectivity index is 1.67. The average Bonchev–Trinajstić information content (AvgIpc) is 2.86. The molecule has 2 aromatic carbocycles. The van der Waals surface area contributed by atoms with Crippen molar-refractivity contribution in [3.05, 3.63) is 65.2 Å². The second-order valence-electron chi connectivity index (χ2n) is 5.77. The first-order chi connectivity index (χ1) is 11.9. The molecule has 0 spiro atoms. The monoisotopic (exact) mass is 344 g/mol. The predicted octanol–water partition coefficient (Wildman–Crippen LogP) is 2.42. The summed E-state index contributed by atoms with van der Waals surface area (Å²) in [7, 11) is 0. The van der Waals surface area contributed by atoms with Gasteiger partial charge in [0.15, 0.2) is 0 Å². The van der Waals surface area contributed by atoms with Crippen molar-refractivity contribution in [2.45, 2.75) is 12.8 Å². The Morgan fingerprint density at radius 3 is 2.28 bits per heavy atom. The van der Waals surface area contributed by atoms with Crippen molar-refractivity contribution in [2.24, 2.45) is 5.92 Å². The van der Waals surface area contributed by atoms with Crippen LogP contribution in [-0.2, 0) is 16.0 Å². The second kappa shape index (κ2) is 6.80. The van der Waals surface area contributed by atoms with E-state index in [-0.39, 0.29) is 18.2 Å². The highest BCUT2D eigenvalue weighted by Gasteiger charge is 2.30. The maximum atomic E-state index is 13.6. The van der Waals surface area contributed by atoms with E-state index in [0.29, 0.717) is 12.1 Å². The van der Waals surface area contributed by atoms with Crippen molar-refractivity contribution >= 4 is 23.4 Å². The molecule has 1 fully saturated rings. The lowest BCUT2D eigenvalue weighted by Gasteiger charge is -2.09. The highest BCUT2D eigenvalue weighted by atomic mass is 19.1. The Hall–Kier alpha value is -3.09. The number of hydrogen-bond acceptors (Lipinski definition) is 3. The number of benzene rings is 2. The molecule has 0 saturated carbocycles. The third-order valence-electron chi connectivity index (χ3n) is 3.95. The van der Waals surface area contributed by atoms with Gasteiger partial charge >= 0.3 is 0 Å². The van der Waals surface area contributed by atoms with E-state index >= 15 is 0 Å². The summed E-state index contributed by atoms with van der Waals surface area (Å²) in [5, 5.41) is 4.67. The van der Waals surface area contributed by atoms with Crippen LogP contribution in [0.5, 0.6) is 0 Å². The molecule has 2 N–H and O–H groups in total. The van der Waals surface area contributed by atoms with Crippen LogP contribution < -0.4 is 10.6 Å². The molecule has 1 heterocycles. The number of carbonyl (C=O) groups is 3. The van der Waals surface area contributed by atoms with E-state index in [1.807, 2.05) is 0 Å². The lowest BCUT2D eigenvalue weighted by molar-refractivity contribution is -0.125. The van der Waals surface area contributed by atoms with Crippen LogP contribution in [-0.4, -0.2) is 17.7 Å². The van der Waals surface area contributed by atoms with Gasteiger partial charge in [0.1, 0.15) is 17.2 Å². The molecule has 3 amide bonds. The largest absolute Gasteiger partial charge is 0.322 e. The molecule has 1 aliphatic rings. The number of imide groups is 1. The zero-order valence-electron chi connectivity index (χ0n) is 13.0. The molecule has 0 bridgehead atoms. The lowest BCUT2D eigenvalue weighted by Crippen LogP contribution is -2.22. The minimum atomic E-state index is -0.939. The molecule has 1 aliphatic heterocycles. The Bertz CT molecular complexity index is 830. The van der Waals surface area contributed by atoms with E-state index in [0.717, 1.165) is 17.7 Å². The maximum Gasteiger partial charge on any atom is 0.261 e. The van der Waals surface area contributed by atoms with Gasteiger partial charge < -0.3 is 5.32 Å². The van der Waals surface area contributed by atoms with Crippen LogP contribution in [0.2, 0.25) is 0 Å². The van der Waals surface area contributed by atoms with E-state index in [2.05, 4.69) is 10.6 Å². The lowest BCUT2D eigenvalue weighted by atomic mass is 9.98. The summed E-state index contributed by atoms with van der Waals surface area (Å²) >= 11 is 0. The summed E-state index contributed by atoms with van der Waals surface area (Å²) in [5.74, 6) is -3.75. The van der Waals surface area contributed by atoms with Gasteiger partial charge in [0.2, 0.25) is 11.8 Å². The minimum absolute atomic E-state index is 0.157. The summed E-state index contributed by atoms with van der Waals surface area (Å²) in [6.07, 6.45) is 0.553. The zero-order chi connectivity index (χ0) is 18.0.